The highest BCUT2D eigenvalue weighted by atomic mass is 16.5. The molecule has 0 spiro atoms. The molecule has 1 N–H and O–H groups in total. The molecule has 1 aliphatic rings. The molecule has 15 heavy (non-hydrogen) atoms. The first-order valence-electron chi connectivity index (χ1n) is 5.60. The molecule has 2 atom stereocenters. The van der Waals surface area contributed by atoms with Crippen LogP contribution in [0.5, 0.6) is 0 Å². The summed E-state index contributed by atoms with van der Waals surface area (Å²) in [6, 6.07) is 0.387. The Morgan fingerprint density at radius 2 is 2.60 bits per heavy atom. The smallest absolute Gasteiger partial charge is 0.0952 e. The molecule has 0 aromatic carbocycles. The molecule has 4 heteroatoms. The van der Waals surface area contributed by atoms with Crippen molar-refractivity contribution in [2.75, 3.05) is 13.7 Å². The highest BCUT2D eigenvalue weighted by Crippen LogP contribution is 2.24. The maximum Gasteiger partial charge on any atom is 0.0952 e. The first kappa shape index (κ1) is 10.6. The van der Waals surface area contributed by atoms with Crippen LogP contribution < -0.4 is 5.32 Å². The van der Waals surface area contributed by atoms with Gasteiger partial charge in [0.2, 0.25) is 0 Å². The normalized spacial score (nSPS) is 23.2. The van der Waals surface area contributed by atoms with E-state index in [-0.39, 0.29) is 0 Å². The second-order valence-corrected chi connectivity index (χ2v) is 4.11. The topological polar surface area (TPSA) is 39.1 Å². The van der Waals surface area contributed by atoms with Gasteiger partial charge in [0, 0.05) is 19.3 Å². The van der Waals surface area contributed by atoms with Crippen molar-refractivity contribution in [2.45, 2.75) is 38.5 Å². The summed E-state index contributed by atoms with van der Waals surface area (Å²) in [6.07, 6.45) is 6.53. The fraction of sp³-hybridized carbons (Fsp3) is 0.727. The molecule has 2 heterocycles. The molecular formula is C11H19N3O. The maximum atomic E-state index is 5.70. The van der Waals surface area contributed by atoms with E-state index in [4.69, 9.17) is 4.74 Å². The van der Waals surface area contributed by atoms with Gasteiger partial charge in [0.05, 0.1) is 24.2 Å². The van der Waals surface area contributed by atoms with Gasteiger partial charge in [-0.25, -0.2) is 4.98 Å². The van der Waals surface area contributed by atoms with Crippen molar-refractivity contribution in [1.82, 2.24) is 14.9 Å². The minimum absolute atomic E-state index is 0.356. The Labute approximate surface area is 90.6 Å². The molecule has 0 bridgehead atoms. The zero-order valence-electron chi connectivity index (χ0n) is 9.44. The number of hydrogen-bond acceptors (Lipinski definition) is 3. The molecule has 84 valence electrons. The van der Waals surface area contributed by atoms with Crippen molar-refractivity contribution < 1.29 is 4.74 Å². The number of ether oxygens (including phenoxy) is 1. The van der Waals surface area contributed by atoms with Crippen LogP contribution in [0.3, 0.4) is 0 Å². The van der Waals surface area contributed by atoms with Crippen molar-refractivity contribution in [2.24, 2.45) is 0 Å². The standard InChI is InChI=1S/C11H19N3O/c1-9(11-4-3-5-15-11)14-8-13-7-10(14)6-12-2/h7-9,11-12H,3-6H2,1-2H3. The van der Waals surface area contributed by atoms with Crippen LogP contribution in [0.1, 0.15) is 31.5 Å². The molecule has 1 aromatic heterocycles. The first-order chi connectivity index (χ1) is 7.33. The lowest BCUT2D eigenvalue weighted by molar-refractivity contribution is 0.0723. The first-order valence-corrected chi connectivity index (χ1v) is 5.60. The Kier molecular flexibility index (Phi) is 3.38. The monoisotopic (exact) mass is 209 g/mol. The molecule has 2 rings (SSSR count). The minimum Gasteiger partial charge on any atom is -0.376 e. The number of imidazole rings is 1. The van der Waals surface area contributed by atoms with Crippen molar-refractivity contribution in [3.05, 3.63) is 18.2 Å². The second kappa shape index (κ2) is 4.77. The van der Waals surface area contributed by atoms with Gasteiger partial charge in [-0.3, -0.25) is 0 Å². The molecule has 1 aromatic rings. The Hall–Kier alpha value is -0.870. The summed E-state index contributed by atoms with van der Waals surface area (Å²) >= 11 is 0. The van der Waals surface area contributed by atoms with Gasteiger partial charge in [-0.05, 0) is 26.8 Å². The summed E-state index contributed by atoms with van der Waals surface area (Å²) < 4.78 is 7.92. The summed E-state index contributed by atoms with van der Waals surface area (Å²) in [5, 5.41) is 3.15. The van der Waals surface area contributed by atoms with Gasteiger partial charge in [0.1, 0.15) is 0 Å². The summed E-state index contributed by atoms with van der Waals surface area (Å²) in [6.45, 7) is 3.97. The number of rotatable bonds is 4. The molecule has 0 saturated carbocycles. The van der Waals surface area contributed by atoms with Crippen LogP contribution in [0.15, 0.2) is 12.5 Å². The van der Waals surface area contributed by atoms with Crippen molar-refractivity contribution in [1.29, 1.82) is 0 Å². The molecule has 0 amide bonds. The van der Waals surface area contributed by atoms with Crippen LogP contribution in [0.25, 0.3) is 0 Å². The Balaban J connectivity index is 2.09. The molecule has 0 radical (unpaired) electrons. The summed E-state index contributed by atoms with van der Waals surface area (Å²) in [5.41, 5.74) is 1.22. The van der Waals surface area contributed by atoms with Gasteiger partial charge < -0.3 is 14.6 Å². The van der Waals surface area contributed by atoms with E-state index < -0.39 is 0 Å². The molecule has 2 unspecified atom stereocenters. The van der Waals surface area contributed by atoms with Crippen molar-refractivity contribution >= 4 is 0 Å². The highest BCUT2D eigenvalue weighted by Gasteiger charge is 2.24. The number of aromatic nitrogens is 2. The van der Waals surface area contributed by atoms with Crippen molar-refractivity contribution in [3.63, 3.8) is 0 Å². The van der Waals surface area contributed by atoms with E-state index >= 15 is 0 Å². The average Bonchev–Trinajstić information content (AvgIpc) is 2.87. The Morgan fingerprint density at radius 3 is 3.27 bits per heavy atom. The van der Waals surface area contributed by atoms with E-state index in [9.17, 15) is 0 Å². The second-order valence-electron chi connectivity index (χ2n) is 4.11. The third-order valence-corrected chi connectivity index (χ3v) is 3.05. The molecule has 1 saturated heterocycles. The van der Waals surface area contributed by atoms with Crippen LogP contribution in [0.2, 0.25) is 0 Å². The quantitative estimate of drug-likeness (QED) is 0.813. The van der Waals surface area contributed by atoms with Gasteiger partial charge in [-0.15, -0.1) is 0 Å². The zero-order chi connectivity index (χ0) is 10.7. The van der Waals surface area contributed by atoms with Gasteiger partial charge in [0.15, 0.2) is 0 Å². The number of nitrogens with zero attached hydrogens (tertiary/aromatic N) is 2. The van der Waals surface area contributed by atoms with Gasteiger partial charge in [0.25, 0.3) is 0 Å². The third-order valence-electron chi connectivity index (χ3n) is 3.05. The van der Waals surface area contributed by atoms with Crippen LogP contribution in [-0.4, -0.2) is 29.3 Å². The summed E-state index contributed by atoms with van der Waals surface area (Å²) in [5.74, 6) is 0. The minimum atomic E-state index is 0.356. The molecular weight excluding hydrogens is 190 g/mol. The SMILES string of the molecule is CNCc1cncn1C(C)C1CCCO1. The van der Waals surface area contributed by atoms with E-state index in [1.807, 2.05) is 19.6 Å². The highest BCUT2D eigenvalue weighted by molar-refractivity contribution is 5.00. The van der Waals surface area contributed by atoms with Crippen molar-refractivity contribution in [3.8, 4) is 0 Å². The third kappa shape index (κ3) is 2.21. The van der Waals surface area contributed by atoms with E-state index in [0.717, 1.165) is 13.2 Å². The molecule has 1 aliphatic heterocycles. The van der Waals surface area contributed by atoms with Crippen LogP contribution in [0.4, 0.5) is 0 Å². The number of hydrogen-bond donors (Lipinski definition) is 1. The summed E-state index contributed by atoms with van der Waals surface area (Å²) in [4.78, 5) is 4.20. The lowest BCUT2D eigenvalue weighted by Gasteiger charge is -2.22. The lowest BCUT2D eigenvalue weighted by atomic mass is 10.1. The maximum absolute atomic E-state index is 5.70. The Morgan fingerprint density at radius 1 is 1.73 bits per heavy atom. The average molecular weight is 209 g/mol. The van der Waals surface area contributed by atoms with Gasteiger partial charge in [-0.1, -0.05) is 0 Å². The molecule has 4 nitrogen and oxygen atoms in total. The van der Waals surface area contributed by atoms with E-state index in [1.165, 1.54) is 18.5 Å². The van der Waals surface area contributed by atoms with E-state index in [2.05, 4.69) is 21.8 Å². The van der Waals surface area contributed by atoms with Crippen LogP contribution >= 0.6 is 0 Å². The van der Waals surface area contributed by atoms with Gasteiger partial charge in [-0.2, -0.15) is 0 Å². The van der Waals surface area contributed by atoms with Crippen LogP contribution in [-0.2, 0) is 11.3 Å². The Bertz CT molecular complexity index is 305. The zero-order valence-corrected chi connectivity index (χ0v) is 9.44. The fourth-order valence-corrected chi connectivity index (χ4v) is 2.18. The molecule has 1 fully saturated rings. The fourth-order valence-electron chi connectivity index (χ4n) is 2.18. The predicted molar refractivity (Wildman–Crippen MR) is 58.7 cm³/mol. The predicted octanol–water partition coefficient (Wildman–Crippen LogP) is 1.34. The van der Waals surface area contributed by atoms with E-state index in [1.54, 1.807) is 0 Å². The molecule has 0 aliphatic carbocycles. The lowest BCUT2D eigenvalue weighted by Crippen LogP contribution is -2.23. The summed E-state index contributed by atoms with van der Waals surface area (Å²) in [7, 11) is 1.95. The van der Waals surface area contributed by atoms with Gasteiger partial charge >= 0.3 is 0 Å². The largest absolute Gasteiger partial charge is 0.376 e. The number of nitrogens with one attached hydrogen (secondary N) is 1. The van der Waals surface area contributed by atoms with Crippen LogP contribution in [0, 0.1) is 0 Å². The van der Waals surface area contributed by atoms with E-state index in [0.29, 0.717) is 12.1 Å².